The van der Waals surface area contributed by atoms with E-state index in [4.69, 9.17) is 0 Å². The molecule has 0 atom stereocenters. The average Bonchev–Trinajstić information content (AvgIpc) is 3.25. The molecule has 1 N–H and O–H groups in total. The van der Waals surface area contributed by atoms with Crippen LogP contribution in [0.3, 0.4) is 0 Å². The number of nitrogens with zero attached hydrogens (tertiary/aromatic N) is 4. The summed E-state index contributed by atoms with van der Waals surface area (Å²) in [6, 6.07) is 15.9. The minimum Gasteiger partial charge on any atom is -0.296 e. The van der Waals surface area contributed by atoms with E-state index in [1.807, 2.05) is 25.1 Å². The molecule has 0 bridgehead atoms. The van der Waals surface area contributed by atoms with Crippen LogP contribution >= 0.6 is 11.3 Å². The predicted octanol–water partition coefficient (Wildman–Crippen LogP) is 4.32. The zero-order valence-electron chi connectivity index (χ0n) is 15.9. The van der Waals surface area contributed by atoms with E-state index in [0.29, 0.717) is 16.5 Å². The molecule has 0 aliphatic carbocycles. The third-order valence-corrected chi connectivity index (χ3v) is 5.57. The van der Waals surface area contributed by atoms with Crippen molar-refractivity contribution in [2.45, 2.75) is 20.3 Å². The number of carbonyl (C=O) groups is 1. The van der Waals surface area contributed by atoms with Crippen LogP contribution < -0.4 is 5.32 Å². The highest BCUT2D eigenvalue weighted by atomic mass is 32.1. The predicted molar refractivity (Wildman–Crippen MR) is 110 cm³/mol. The first-order valence-corrected chi connectivity index (χ1v) is 9.83. The Balaban J connectivity index is 1.51. The molecule has 0 saturated carbocycles. The summed E-state index contributed by atoms with van der Waals surface area (Å²) in [5.41, 5.74) is 3.47. The van der Waals surface area contributed by atoms with Crippen LogP contribution in [0.15, 0.2) is 54.6 Å². The van der Waals surface area contributed by atoms with Gasteiger partial charge in [-0.3, -0.25) is 10.1 Å². The average molecular weight is 407 g/mol. The molecule has 2 aromatic carbocycles. The van der Waals surface area contributed by atoms with E-state index in [9.17, 15) is 9.18 Å². The second-order valence-electron chi connectivity index (χ2n) is 6.56. The van der Waals surface area contributed by atoms with Gasteiger partial charge in [-0.1, -0.05) is 35.5 Å². The van der Waals surface area contributed by atoms with Gasteiger partial charge in [0.05, 0.1) is 17.1 Å². The van der Waals surface area contributed by atoms with Gasteiger partial charge in [0.1, 0.15) is 5.82 Å². The molecule has 4 aromatic rings. The van der Waals surface area contributed by atoms with Crippen molar-refractivity contribution in [3.8, 4) is 5.69 Å². The van der Waals surface area contributed by atoms with Gasteiger partial charge in [0, 0.05) is 11.3 Å². The summed E-state index contributed by atoms with van der Waals surface area (Å²) in [5.74, 6) is -0.717. The standard InChI is InChI=1S/C21H18FN5OS/c1-13-18(12-15-6-4-3-5-7-15)29-21(23-13)24-20(28)19-14(2)27(26-25-19)17-10-8-16(22)9-11-17/h3-11H,12H2,1-2H3,(H,23,24,28). The first-order valence-electron chi connectivity index (χ1n) is 9.01. The molecule has 0 aliphatic rings. The maximum Gasteiger partial charge on any atom is 0.279 e. The van der Waals surface area contributed by atoms with E-state index >= 15 is 0 Å². The van der Waals surface area contributed by atoms with E-state index in [-0.39, 0.29) is 17.4 Å². The molecular formula is C21H18FN5OS. The van der Waals surface area contributed by atoms with Gasteiger partial charge in [-0.25, -0.2) is 14.1 Å². The van der Waals surface area contributed by atoms with Crippen LogP contribution in [-0.4, -0.2) is 25.9 Å². The molecule has 6 nitrogen and oxygen atoms in total. The number of benzene rings is 2. The highest BCUT2D eigenvalue weighted by Gasteiger charge is 2.19. The maximum atomic E-state index is 13.1. The SMILES string of the molecule is Cc1nc(NC(=O)c2nnn(-c3ccc(F)cc3)c2C)sc1Cc1ccccc1. The molecule has 0 spiro atoms. The third kappa shape index (κ3) is 4.07. The lowest BCUT2D eigenvalue weighted by Crippen LogP contribution is -2.14. The Morgan fingerprint density at radius 3 is 2.55 bits per heavy atom. The van der Waals surface area contributed by atoms with E-state index in [0.717, 1.165) is 17.0 Å². The molecule has 0 radical (unpaired) electrons. The maximum absolute atomic E-state index is 13.1. The van der Waals surface area contributed by atoms with Crippen LogP contribution in [-0.2, 0) is 6.42 Å². The molecule has 29 heavy (non-hydrogen) atoms. The minimum atomic E-state index is -0.379. The van der Waals surface area contributed by atoms with Crippen molar-refractivity contribution < 1.29 is 9.18 Å². The van der Waals surface area contributed by atoms with Crippen LogP contribution in [0.5, 0.6) is 0 Å². The van der Waals surface area contributed by atoms with Crippen molar-refractivity contribution in [2.24, 2.45) is 0 Å². The Hall–Kier alpha value is -3.39. The van der Waals surface area contributed by atoms with E-state index in [2.05, 4.69) is 32.7 Å². The fourth-order valence-corrected chi connectivity index (χ4v) is 3.94. The highest BCUT2D eigenvalue weighted by Crippen LogP contribution is 2.26. The second-order valence-corrected chi connectivity index (χ2v) is 7.64. The minimum absolute atomic E-state index is 0.201. The molecule has 2 heterocycles. The number of hydrogen-bond donors (Lipinski definition) is 1. The Labute approximate surface area is 171 Å². The van der Waals surface area contributed by atoms with Crippen LogP contribution in [0.25, 0.3) is 5.69 Å². The lowest BCUT2D eigenvalue weighted by molar-refractivity contribution is 0.102. The van der Waals surface area contributed by atoms with Gasteiger partial charge < -0.3 is 0 Å². The Morgan fingerprint density at radius 2 is 1.83 bits per heavy atom. The molecule has 0 aliphatic heterocycles. The Kier molecular flexibility index (Phi) is 5.18. The summed E-state index contributed by atoms with van der Waals surface area (Å²) in [5, 5.41) is 11.3. The second kappa shape index (κ2) is 7.92. The number of aryl methyl sites for hydroxylation is 1. The first-order chi connectivity index (χ1) is 14.0. The first kappa shape index (κ1) is 18.9. The third-order valence-electron chi connectivity index (χ3n) is 4.50. The lowest BCUT2D eigenvalue weighted by Gasteiger charge is -2.03. The zero-order chi connectivity index (χ0) is 20.4. The number of halogens is 1. The number of carbonyl (C=O) groups excluding carboxylic acids is 1. The van der Waals surface area contributed by atoms with Gasteiger partial charge >= 0.3 is 0 Å². The van der Waals surface area contributed by atoms with Gasteiger partial charge in [0.15, 0.2) is 10.8 Å². The van der Waals surface area contributed by atoms with Crippen LogP contribution in [0.4, 0.5) is 9.52 Å². The van der Waals surface area contributed by atoms with Gasteiger partial charge in [0.2, 0.25) is 0 Å². The quantitative estimate of drug-likeness (QED) is 0.535. The van der Waals surface area contributed by atoms with Crippen molar-refractivity contribution in [1.82, 2.24) is 20.0 Å². The number of nitrogens with one attached hydrogen (secondary N) is 1. The molecule has 1 amide bonds. The fourth-order valence-electron chi connectivity index (χ4n) is 2.95. The molecule has 8 heteroatoms. The van der Waals surface area contributed by atoms with Crippen molar-refractivity contribution in [1.29, 1.82) is 0 Å². The summed E-state index contributed by atoms with van der Waals surface area (Å²) in [6.45, 7) is 3.67. The number of hydrogen-bond acceptors (Lipinski definition) is 5. The summed E-state index contributed by atoms with van der Waals surface area (Å²) in [4.78, 5) is 18.3. The van der Waals surface area contributed by atoms with Crippen molar-refractivity contribution in [2.75, 3.05) is 5.32 Å². The zero-order valence-corrected chi connectivity index (χ0v) is 16.7. The highest BCUT2D eigenvalue weighted by molar-refractivity contribution is 7.15. The molecule has 0 fully saturated rings. The van der Waals surface area contributed by atoms with Gasteiger partial charge in [0.25, 0.3) is 5.91 Å². The lowest BCUT2D eigenvalue weighted by atomic mass is 10.1. The molecule has 146 valence electrons. The van der Waals surface area contributed by atoms with Crippen LogP contribution in [0.2, 0.25) is 0 Å². The summed E-state index contributed by atoms with van der Waals surface area (Å²) < 4.78 is 14.6. The van der Waals surface area contributed by atoms with E-state index in [1.165, 1.54) is 33.7 Å². The van der Waals surface area contributed by atoms with E-state index in [1.54, 1.807) is 19.1 Å². The van der Waals surface area contributed by atoms with Gasteiger partial charge in [-0.05, 0) is 43.7 Å². The summed E-state index contributed by atoms with van der Waals surface area (Å²) in [7, 11) is 0. The molecule has 2 aromatic heterocycles. The molecular weight excluding hydrogens is 389 g/mol. The smallest absolute Gasteiger partial charge is 0.279 e. The number of anilines is 1. The van der Waals surface area contributed by atoms with Crippen LogP contribution in [0.1, 0.15) is 32.3 Å². The largest absolute Gasteiger partial charge is 0.296 e. The number of rotatable bonds is 5. The normalized spacial score (nSPS) is 10.9. The number of aromatic nitrogens is 4. The monoisotopic (exact) mass is 407 g/mol. The summed E-state index contributed by atoms with van der Waals surface area (Å²) in [6.07, 6.45) is 0.764. The molecule has 4 rings (SSSR count). The Morgan fingerprint density at radius 1 is 1.10 bits per heavy atom. The topological polar surface area (TPSA) is 72.7 Å². The number of amides is 1. The van der Waals surface area contributed by atoms with Crippen molar-refractivity contribution >= 4 is 22.4 Å². The number of thiazole rings is 1. The van der Waals surface area contributed by atoms with Crippen molar-refractivity contribution in [3.05, 3.63) is 87.9 Å². The molecule has 0 saturated heterocycles. The van der Waals surface area contributed by atoms with E-state index < -0.39 is 0 Å². The van der Waals surface area contributed by atoms with Crippen LogP contribution in [0, 0.1) is 19.7 Å². The van der Waals surface area contributed by atoms with Crippen molar-refractivity contribution in [3.63, 3.8) is 0 Å². The fraction of sp³-hybridized carbons (Fsp3) is 0.143. The summed E-state index contributed by atoms with van der Waals surface area (Å²) >= 11 is 1.45. The van der Waals surface area contributed by atoms with Gasteiger partial charge in [-0.2, -0.15) is 0 Å². The Bertz CT molecular complexity index is 1150. The van der Waals surface area contributed by atoms with Gasteiger partial charge in [-0.15, -0.1) is 16.4 Å². The molecule has 0 unspecified atom stereocenters.